The first-order chi connectivity index (χ1) is 12.4. The summed E-state index contributed by atoms with van der Waals surface area (Å²) in [6, 6.07) is 19.0. The van der Waals surface area contributed by atoms with Gasteiger partial charge in [-0.25, -0.2) is 8.42 Å². The number of alkyl halides is 1. The molecule has 0 radical (unpaired) electrons. The predicted molar refractivity (Wildman–Crippen MR) is 103 cm³/mol. The summed E-state index contributed by atoms with van der Waals surface area (Å²) in [6.45, 7) is 0.0641. The topological polar surface area (TPSA) is 75.3 Å². The van der Waals surface area contributed by atoms with Crippen LogP contribution >= 0.6 is 11.6 Å². The number of hydrogen-bond acceptors (Lipinski definition) is 4. The van der Waals surface area contributed by atoms with Crippen molar-refractivity contribution in [1.29, 1.82) is 0 Å². The Kier molecular flexibility index (Phi) is 5.96. The van der Waals surface area contributed by atoms with Gasteiger partial charge in [0.1, 0.15) is 0 Å². The highest BCUT2D eigenvalue weighted by atomic mass is 35.5. The Morgan fingerprint density at radius 2 is 1.54 bits per heavy atom. The maximum absolute atomic E-state index is 12.3. The van der Waals surface area contributed by atoms with Crippen LogP contribution in [-0.2, 0) is 14.6 Å². The Morgan fingerprint density at radius 1 is 1.00 bits per heavy atom. The van der Waals surface area contributed by atoms with Crippen molar-refractivity contribution in [1.82, 2.24) is 10.6 Å². The molecule has 0 bridgehead atoms. The number of nitrogens with one attached hydrogen (secondary N) is 2. The molecule has 1 aliphatic heterocycles. The van der Waals surface area contributed by atoms with Crippen LogP contribution in [0, 0.1) is 0 Å². The van der Waals surface area contributed by atoms with E-state index >= 15 is 0 Å². The second-order valence-corrected chi connectivity index (χ2v) is 9.12. The molecule has 2 N–H and O–H groups in total. The third-order valence-electron chi connectivity index (χ3n) is 4.36. The van der Waals surface area contributed by atoms with Crippen LogP contribution in [0.15, 0.2) is 60.7 Å². The normalized spacial score (nSPS) is 21.6. The van der Waals surface area contributed by atoms with Crippen molar-refractivity contribution in [3.8, 4) is 0 Å². The van der Waals surface area contributed by atoms with Crippen LogP contribution in [0.25, 0.3) is 0 Å². The number of amides is 1. The smallest absolute Gasteiger partial charge is 0.234 e. The van der Waals surface area contributed by atoms with E-state index < -0.39 is 21.3 Å². The highest BCUT2D eigenvalue weighted by Crippen LogP contribution is 2.21. The molecule has 2 aromatic carbocycles. The van der Waals surface area contributed by atoms with Crippen LogP contribution in [0.2, 0.25) is 0 Å². The Labute approximate surface area is 158 Å². The van der Waals surface area contributed by atoms with E-state index in [9.17, 15) is 13.2 Å². The van der Waals surface area contributed by atoms with Gasteiger partial charge in [0.15, 0.2) is 9.84 Å². The molecule has 1 amide bonds. The second kappa shape index (κ2) is 8.20. The standard InChI is InChI=1S/C19H21ClN2O3S/c20-16-12-26(24,25)13-17(16)22-18(23)11-21-19(14-7-3-1-4-8-14)15-9-5-2-6-10-15/h1-10,16-17,19,21H,11-13H2,(H,22,23)/t16-,17+/m0/s1. The van der Waals surface area contributed by atoms with Gasteiger partial charge in [-0.3, -0.25) is 10.1 Å². The molecule has 7 heteroatoms. The molecule has 1 fully saturated rings. The molecule has 26 heavy (non-hydrogen) atoms. The average Bonchev–Trinajstić information content (AvgIpc) is 2.88. The van der Waals surface area contributed by atoms with Gasteiger partial charge in [0.05, 0.1) is 35.5 Å². The zero-order chi connectivity index (χ0) is 18.6. The first kappa shape index (κ1) is 18.9. The molecule has 138 valence electrons. The third-order valence-corrected chi connectivity index (χ3v) is 6.74. The minimum Gasteiger partial charge on any atom is -0.350 e. The van der Waals surface area contributed by atoms with Crippen LogP contribution in [0.5, 0.6) is 0 Å². The molecular weight excluding hydrogens is 372 g/mol. The first-order valence-corrected chi connectivity index (χ1v) is 10.7. The zero-order valence-corrected chi connectivity index (χ0v) is 15.7. The molecule has 0 saturated carbocycles. The van der Waals surface area contributed by atoms with Gasteiger partial charge in [-0.15, -0.1) is 11.6 Å². The zero-order valence-electron chi connectivity index (χ0n) is 14.1. The number of hydrogen-bond donors (Lipinski definition) is 2. The van der Waals surface area contributed by atoms with Crippen LogP contribution in [-0.4, -0.2) is 43.8 Å². The molecule has 0 unspecified atom stereocenters. The molecule has 1 aliphatic rings. The van der Waals surface area contributed by atoms with Crippen molar-refractivity contribution in [2.45, 2.75) is 17.5 Å². The Balaban J connectivity index is 1.66. The fourth-order valence-electron chi connectivity index (χ4n) is 3.11. The molecule has 1 heterocycles. The lowest BCUT2D eigenvalue weighted by Crippen LogP contribution is -2.45. The highest BCUT2D eigenvalue weighted by Gasteiger charge is 2.37. The van der Waals surface area contributed by atoms with Crippen molar-refractivity contribution in [3.05, 3.63) is 71.8 Å². The van der Waals surface area contributed by atoms with Gasteiger partial charge in [-0.05, 0) is 11.1 Å². The van der Waals surface area contributed by atoms with E-state index in [0.717, 1.165) is 11.1 Å². The Hall–Kier alpha value is -1.89. The van der Waals surface area contributed by atoms with Crippen molar-refractivity contribution in [2.24, 2.45) is 0 Å². The van der Waals surface area contributed by atoms with Gasteiger partial charge in [-0.2, -0.15) is 0 Å². The van der Waals surface area contributed by atoms with Gasteiger partial charge < -0.3 is 5.32 Å². The number of sulfone groups is 1. The minimum absolute atomic E-state index is 0.0641. The molecule has 1 saturated heterocycles. The summed E-state index contributed by atoms with van der Waals surface area (Å²) >= 11 is 6.05. The van der Waals surface area contributed by atoms with Gasteiger partial charge in [0.25, 0.3) is 0 Å². The quantitative estimate of drug-likeness (QED) is 0.736. The summed E-state index contributed by atoms with van der Waals surface area (Å²) in [6.07, 6.45) is 0. The van der Waals surface area contributed by atoms with Gasteiger partial charge in [0, 0.05) is 0 Å². The Morgan fingerprint density at radius 3 is 2.00 bits per heavy atom. The first-order valence-electron chi connectivity index (χ1n) is 8.42. The number of halogens is 1. The van der Waals surface area contributed by atoms with E-state index in [1.54, 1.807) is 0 Å². The van der Waals surface area contributed by atoms with E-state index in [1.165, 1.54) is 0 Å². The molecule has 0 spiro atoms. The van der Waals surface area contributed by atoms with E-state index in [4.69, 9.17) is 11.6 Å². The van der Waals surface area contributed by atoms with Gasteiger partial charge in [0.2, 0.25) is 5.91 Å². The summed E-state index contributed by atoms with van der Waals surface area (Å²) in [5, 5.41) is 5.41. The van der Waals surface area contributed by atoms with Crippen LogP contribution in [0.4, 0.5) is 0 Å². The van der Waals surface area contributed by atoms with Crippen molar-refractivity contribution in [2.75, 3.05) is 18.1 Å². The summed E-state index contributed by atoms with van der Waals surface area (Å²) in [4.78, 5) is 12.3. The monoisotopic (exact) mass is 392 g/mol. The maximum atomic E-state index is 12.3. The lowest BCUT2D eigenvalue weighted by atomic mass is 9.99. The van der Waals surface area contributed by atoms with Crippen molar-refractivity contribution >= 4 is 27.3 Å². The third kappa shape index (κ3) is 4.84. The summed E-state index contributed by atoms with van der Waals surface area (Å²) in [5.41, 5.74) is 2.09. The largest absolute Gasteiger partial charge is 0.350 e. The van der Waals surface area contributed by atoms with E-state index in [0.29, 0.717) is 0 Å². The number of rotatable bonds is 6. The molecule has 2 aromatic rings. The molecular formula is C19H21ClN2O3S. The van der Waals surface area contributed by atoms with E-state index in [-0.39, 0.29) is 30.0 Å². The van der Waals surface area contributed by atoms with E-state index in [2.05, 4.69) is 10.6 Å². The van der Waals surface area contributed by atoms with Crippen LogP contribution < -0.4 is 10.6 Å². The predicted octanol–water partition coefficient (Wildman–Crippen LogP) is 1.89. The van der Waals surface area contributed by atoms with Crippen LogP contribution in [0.3, 0.4) is 0 Å². The van der Waals surface area contributed by atoms with Crippen molar-refractivity contribution in [3.63, 3.8) is 0 Å². The molecule has 2 atom stereocenters. The van der Waals surface area contributed by atoms with Gasteiger partial charge >= 0.3 is 0 Å². The fraction of sp³-hybridized carbons (Fsp3) is 0.316. The Bertz CT molecular complexity index is 804. The number of carbonyl (C=O) groups excluding carboxylic acids is 1. The summed E-state index contributed by atoms with van der Waals surface area (Å²) in [5.74, 6) is -0.466. The van der Waals surface area contributed by atoms with Crippen LogP contribution in [0.1, 0.15) is 17.2 Å². The number of benzene rings is 2. The lowest BCUT2D eigenvalue weighted by Gasteiger charge is -2.21. The highest BCUT2D eigenvalue weighted by molar-refractivity contribution is 7.91. The minimum atomic E-state index is -3.17. The molecule has 0 aromatic heterocycles. The molecule has 3 rings (SSSR count). The summed E-state index contributed by atoms with van der Waals surface area (Å²) in [7, 11) is -3.17. The summed E-state index contributed by atoms with van der Waals surface area (Å²) < 4.78 is 23.2. The van der Waals surface area contributed by atoms with Gasteiger partial charge in [-0.1, -0.05) is 60.7 Å². The van der Waals surface area contributed by atoms with Crippen molar-refractivity contribution < 1.29 is 13.2 Å². The fourth-order valence-corrected chi connectivity index (χ4v) is 5.66. The lowest BCUT2D eigenvalue weighted by molar-refractivity contribution is -0.120. The maximum Gasteiger partial charge on any atom is 0.234 e. The molecule has 0 aliphatic carbocycles. The molecule has 5 nitrogen and oxygen atoms in total. The SMILES string of the molecule is O=C(CNC(c1ccccc1)c1ccccc1)N[C@@H]1CS(=O)(=O)C[C@@H]1Cl. The second-order valence-electron chi connectivity index (χ2n) is 6.40. The van der Waals surface area contributed by atoms with E-state index in [1.807, 2.05) is 60.7 Å². The number of carbonyl (C=O) groups is 1. The average molecular weight is 393 g/mol.